The normalized spacial score (nSPS) is 24.9. The maximum atomic E-state index is 5.71. The van der Waals surface area contributed by atoms with E-state index in [2.05, 4.69) is 39.2 Å². The summed E-state index contributed by atoms with van der Waals surface area (Å²) in [5.41, 5.74) is 1.22. The van der Waals surface area contributed by atoms with E-state index in [1.165, 1.54) is 12.0 Å². The lowest BCUT2D eigenvalue weighted by Gasteiger charge is -2.23. The van der Waals surface area contributed by atoms with Gasteiger partial charge in [-0.05, 0) is 47.3 Å². The molecule has 0 spiro atoms. The molecule has 0 amide bonds. The van der Waals surface area contributed by atoms with Crippen LogP contribution in [0.4, 0.5) is 0 Å². The first kappa shape index (κ1) is 12.0. The highest BCUT2D eigenvalue weighted by atomic mass is 79.9. The standard InChI is InChI=1S/C12H17BrN2O/c1-12(3-2-4-16-12)9-15-7-10-5-11(13)8-14-6-10/h5-6,8,15H,2-4,7,9H2,1H3. The van der Waals surface area contributed by atoms with Gasteiger partial charge >= 0.3 is 0 Å². The molecule has 4 heteroatoms. The van der Waals surface area contributed by atoms with E-state index in [0.29, 0.717) is 0 Å². The van der Waals surface area contributed by atoms with Crippen LogP contribution in [0.5, 0.6) is 0 Å². The van der Waals surface area contributed by atoms with Gasteiger partial charge in [0.05, 0.1) is 5.60 Å². The zero-order valence-electron chi connectivity index (χ0n) is 9.50. The average Bonchev–Trinajstić information content (AvgIpc) is 2.65. The number of ether oxygens (including phenoxy) is 1. The Balaban J connectivity index is 1.79. The van der Waals surface area contributed by atoms with Crippen molar-refractivity contribution in [2.75, 3.05) is 13.2 Å². The molecule has 2 heterocycles. The van der Waals surface area contributed by atoms with Gasteiger partial charge in [-0.2, -0.15) is 0 Å². The minimum atomic E-state index is 0.0272. The quantitative estimate of drug-likeness (QED) is 0.923. The lowest BCUT2D eigenvalue weighted by atomic mass is 10.0. The predicted octanol–water partition coefficient (Wildman–Crippen LogP) is 2.50. The Morgan fingerprint density at radius 1 is 1.56 bits per heavy atom. The molecule has 1 unspecified atom stereocenters. The molecule has 1 aliphatic rings. The number of halogens is 1. The molecule has 0 bridgehead atoms. The van der Waals surface area contributed by atoms with Crippen LogP contribution in [0.15, 0.2) is 22.9 Å². The van der Waals surface area contributed by atoms with Crippen LogP contribution in [0.25, 0.3) is 0 Å². The van der Waals surface area contributed by atoms with Crippen molar-refractivity contribution in [1.29, 1.82) is 0 Å². The summed E-state index contributed by atoms with van der Waals surface area (Å²) >= 11 is 3.42. The molecule has 0 aliphatic carbocycles. The molecular formula is C12H17BrN2O. The van der Waals surface area contributed by atoms with Crippen LogP contribution in [-0.4, -0.2) is 23.7 Å². The molecule has 1 aliphatic heterocycles. The second-order valence-electron chi connectivity index (χ2n) is 4.52. The van der Waals surface area contributed by atoms with Crippen LogP contribution in [0.2, 0.25) is 0 Å². The number of hydrogen-bond donors (Lipinski definition) is 1. The van der Waals surface area contributed by atoms with Gasteiger partial charge in [-0.25, -0.2) is 0 Å². The van der Waals surface area contributed by atoms with Crippen molar-refractivity contribution in [2.24, 2.45) is 0 Å². The van der Waals surface area contributed by atoms with Crippen LogP contribution in [-0.2, 0) is 11.3 Å². The molecule has 0 aromatic carbocycles. The van der Waals surface area contributed by atoms with Crippen LogP contribution in [0.1, 0.15) is 25.3 Å². The fourth-order valence-corrected chi connectivity index (χ4v) is 2.41. The molecule has 2 rings (SSSR count). The summed E-state index contributed by atoms with van der Waals surface area (Å²) in [6.45, 7) is 4.81. The number of hydrogen-bond acceptors (Lipinski definition) is 3. The van der Waals surface area contributed by atoms with Gasteiger partial charge in [0.2, 0.25) is 0 Å². The molecule has 16 heavy (non-hydrogen) atoms. The minimum Gasteiger partial charge on any atom is -0.374 e. The summed E-state index contributed by atoms with van der Waals surface area (Å²) in [6, 6.07) is 2.08. The van der Waals surface area contributed by atoms with Gasteiger partial charge in [0, 0.05) is 36.6 Å². The van der Waals surface area contributed by atoms with Crippen LogP contribution < -0.4 is 5.32 Å². The predicted molar refractivity (Wildman–Crippen MR) is 67.2 cm³/mol. The first-order valence-corrected chi connectivity index (χ1v) is 6.41. The highest BCUT2D eigenvalue weighted by Gasteiger charge is 2.28. The number of rotatable bonds is 4. The highest BCUT2D eigenvalue weighted by Crippen LogP contribution is 2.23. The highest BCUT2D eigenvalue weighted by molar-refractivity contribution is 9.10. The van der Waals surface area contributed by atoms with Crippen molar-refractivity contribution in [3.63, 3.8) is 0 Å². The molecule has 1 N–H and O–H groups in total. The van der Waals surface area contributed by atoms with Crippen molar-refractivity contribution in [3.05, 3.63) is 28.5 Å². The number of pyridine rings is 1. The minimum absolute atomic E-state index is 0.0272. The fourth-order valence-electron chi connectivity index (χ4n) is 2.00. The van der Waals surface area contributed by atoms with Gasteiger partial charge in [-0.1, -0.05) is 0 Å². The van der Waals surface area contributed by atoms with Gasteiger partial charge in [0.25, 0.3) is 0 Å². The smallest absolute Gasteiger partial charge is 0.0779 e. The summed E-state index contributed by atoms with van der Waals surface area (Å²) in [5, 5.41) is 3.43. The van der Waals surface area contributed by atoms with E-state index in [9.17, 15) is 0 Å². The van der Waals surface area contributed by atoms with Crippen molar-refractivity contribution in [3.8, 4) is 0 Å². The Morgan fingerprint density at radius 3 is 3.12 bits per heavy atom. The number of nitrogens with one attached hydrogen (secondary N) is 1. The van der Waals surface area contributed by atoms with Crippen molar-refractivity contribution in [1.82, 2.24) is 10.3 Å². The SMILES string of the molecule is CC1(CNCc2cncc(Br)c2)CCCO1. The lowest BCUT2D eigenvalue weighted by Crippen LogP contribution is -2.36. The molecular weight excluding hydrogens is 268 g/mol. The Morgan fingerprint density at radius 2 is 2.44 bits per heavy atom. The first-order chi connectivity index (χ1) is 7.68. The molecule has 1 saturated heterocycles. The Kier molecular flexibility index (Phi) is 3.95. The first-order valence-electron chi connectivity index (χ1n) is 5.62. The molecule has 3 nitrogen and oxygen atoms in total. The zero-order chi connectivity index (χ0) is 11.4. The van der Waals surface area contributed by atoms with Crippen molar-refractivity contribution < 1.29 is 4.74 Å². The zero-order valence-corrected chi connectivity index (χ0v) is 11.1. The van der Waals surface area contributed by atoms with Gasteiger partial charge in [0.15, 0.2) is 0 Å². The molecule has 1 fully saturated rings. The summed E-state index contributed by atoms with van der Waals surface area (Å²) in [4.78, 5) is 4.13. The third-order valence-electron chi connectivity index (χ3n) is 2.89. The molecule has 1 aromatic rings. The molecule has 88 valence electrons. The van der Waals surface area contributed by atoms with Crippen LogP contribution in [0.3, 0.4) is 0 Å². The average molecular weight is 285 g/mol. The van der Waals surface area contributed by atoms with E-state index in [0.717, 1.165) is 30.6 Å². The Labute approximate surface area is 105 Å². The van der Waals surface area contributed by atoms with E-state index in [1.54, 1.807) is 6.20 Å². The van der Waals surface area contributed by atoms with Crippen molar-refractivity contribution in [2.45, 2.75) is 31.9 Å². The third-order valence-corrected chi connectivity index (χ3v) is 3.32. The summed E-state index contributed by atoms with van der Waals surface area (Å²) in [6.07, 6.45) is 6.01. The molecule has 1 aromatic heterocycles. The summed E-state index contributed by atoms with van der Waals surface area (Å²) < 4.78 is 6.74. The molecule has 0 radical (unpaired) electrons. The second kappa shape index (κ2) is 5.25. The maximum Gasteiger partial charge on any atom is 0.0779 e. The number of nitrogens with zero attached hydrogens (tertiary/aromatic N) is 1. The summed E-state index contributed by atoms with van der Waals surface area (Å²) in [7, 11) is 0. The molecule has 1 atom stereocenters. The third kappa shape index (κ3) is 3.27. The van der Waals surface area contributed by atoms with E-state index < -0.39 is 0 Å². The van der Waals surface area contributed by atoms with Crippen molar-refractivity contribution >= 4 is 15.9 Å². The van der Waals surface area contributed by atoms with Crippen LogP contribution in [0, 0.1) is 0 Å². The van der Waals surface area contributed by atoms with E-state index >= 15 is 0 Å². The van der Waals surface area contributed by atoms with Crippen LogP contribution >= 0.6 is 15.9 Å². The van der Waals surface area contributed by atoms with E-state index in [-0.39, 0.29) is 5.60 Å². The largest absolute Gasteiger partial charge is 0.374 e. The maximum absolute atomic E-state index is 5.71. The summed E-state index contributed by atoms with van der Waals surface area (Å²) in [5.74, 6) is 0. The molecule has 0 saturated carbocycles. The second-order valence-corrected chi connectivity index (χ2v) is 5.43. The van der Waals surface area contributed by atoms with E-state index in [1.807, 2.05) is 6.20 Å². The Bertz CT molecular complexity index is 351. The fraction of sp³-hybridized carbons (Fsp3) is 0.583. The van der Waals surface area contributed by atoms with Gasteiger partial charge in [0.1, 0.15) is 0 Å². The van der Waals surface area contributed by atoms with Gasteiger partial charge < -0.3 is 10.1 Å². The van der Waals surface area contributed by atoms with E-state index in [4.69, 9.17) is 4.74 Å². The Hall–Kier alpha value is -0.450. The lowest BCUT2D eigenvalue weighted by molar-refractivity contribution is 0.0207. The van der Waals surface area contributed by atoms with Gasteiger partial charge in [-0.3, -0.25) is 4.98 Å². The topological polar surface area (TPSA) is 34.2 Å². The van der Waals surface area contributed by atoms with Gasteiger partial charge in [-0.15, -0.1) is 0 Å². The number of aromatic nitrogens is 1. The monoisotopic (exact) mass is 284 g/mol.